The second-order valence-corrected chi connectivity index (χ2v) is 5.20. The van der Waals surface area contributed by atoms with E-state index in [1.54, 1.807) is 0 Å². The number of hydrogen-bond donors (Lipinski definition) is 0. The summed E-state index contributed by atoms with van der Waals surface area (Å²) in [6.07, 6.45) is 7.77. The van der Waals surface area contributed by atoms with Gasteiger partial charge in [0.2, 0.25) is 0 Å². The minimum absolute atomic E-state index is 0.864. The van der Waals surface area contributed by atoms with Crippen LogP contribution in [0.1, 0.15) is 25.7 Å². The zero-order valence-corrected chi connectivity index (χ0v) is 10.1. The van der Waals surface area contributed by atoms with Gasteiger partial charge in [0.25, 0.3) is 0 Å². The average molecular weight is 234 g/mol. The Morgan fingerprint density at radius 3 is 2.81 bits per heavy atom. The molecule has 2 aromatic rings. The van der Waals surface area contributed by atoms with Crippen LogP contribution in [0, 0.1) is 5.92 Å². The maximum absolute atomic E-state index is 6.17. The van der Waals surface area contributed by atoms with Crippen molar-refractivity contribution in [3.63, 3.8) is 0 Å². The highest BCUT2D eigenvalue weighted by Crippen LogP contribution is 2.29. The zero-order valence-electron chi connectivity index (χ0n) is 9.32. The van der Waals surface area contributed by atoms with Crippen molar-refractivity contribution in [3.8, 4) is 0 Å². The molecule has 1 aliphatic rings. The molecule has 1 aromatic heterocycles. The summed E-state index contributed by atoms with van der Waals surface area (Å²) in [5.74, 6) is 0.870. The highest BCUT2D eigenvalue weighted by atomic mass is 35.5. The van der Waals surface area contributed by atoms with Crippen molar-refractivity contribution in [1.29, 1.82) is 0 Å². The van der Waals surface area contributed by atoms with Crippen molar-refractivity contribution in [3.05, 3.63) is 35.5 Å². The molecule has 0 spiro atoms. The molecular weight excluding hydrogens is 218 g/mol. The van der Waals surface area contributed by atoms with E-state index in [1.165, 1.54) is 36.6 Å². The van der Waals surface area contributed by atoms with E-state index < -0.39 is 0 Å². The van der Waals surface area contributed by atoms with Crippen LogP contribution >= 0.6 is 11.6 Å². The molecule has 0 unspecified atom stereocenters. The van der Waals surface area contributed by atoms with Crippen LogP contribution in [-0.4, -0.2) is 4.57 Å². The van der Waals surface area contributed by atoms with Crippen LogP contribution in [0.3, 0.4) is 0 Å². The molecule has 0 saturated heterocycles. The predicted molar refractivity (Wildman–Crippen MR) is 68.9 cm³/mol. The Morgan fingerprint density at radius 2 is 2.00 bits per heavy atom. The quantitative estimate of drug-likeness (QED) is 0.721. The lowest BCUT2D eigenvalue weighted by atomic mass is 10.1. The molecule has 0 N–H and O–H groups in total. The molecular formula is C14H16ClN. The molecule has 1 nitrogen and oxygen atoms in total. The summed E-state index contributed by atoms with van der Waals surface area (Å²) in [4.78, 5) is 0. The van der Waals surface area contributed by atoms with Gasteiger partial charge in [0, 0.05) is 28.7 Å². The average Bonchev–Trinajstić information content (AvgIpc) is 2.90. The molecule has 84 valence electrons. The Balaban J connectivity index is 1.94. The van der Waals surface area contributed by atoms with Crippen LogP contribution in [0.15, 0.2) is 30.5 Å². The second kappa shape index (κ2) is 4.14. The molecule has 1 fully saturated rings. The minimum Gasteiger partial charge on any atom is -0.347 e. The predicted octanol–water partition coefficient (Wildman–Crippen LogP) is 4.48. The molecule has 0 amide bonds. The highest BCUT2D eigenvalue weighted by Gasteiger charge is 2.16. The summed E-state index contributed by atoms with van der Waals surface area (Å²) in [6, 6.07) is 8.29. The van der Waals surface area contributed by atoms with Gasteiger partial charge in [-0.15, -0.1) is 0 Å². The van der Waals surface area contributed by atoms with Gasteiger partial charge in [0.1, 0.15) is 0 Å². The van der Waals surface area contributed by atoms with Gasteiger partial charge in [0.05, 0.1) is 0 Å². The molecule has 0 atom stereocenters. The Morgan fingerprint density at radius 1 is 1.19 bits per heavy atom. The van der Waals surface area contributed by atoms with Crippen molar-refractivity contribution < 1.29 is 0 Å². The third-order valence-corrected chi connectivity index (χ3v) is 4.02. The first-order chi connectivity index (χ1) is 7.84. The fraction of sp³-hybridized carbons (Fsp3) is 0.429. The van der Waals surface area contributed by atoms with Crippen molar-refractivity contribution >= 4 is 22.5 Å². The third kappa shape index (κ3) is 1.73. The largest absolute Gasteiger partial charge is 0.347 e. The van der Waals surface area contributed by atoms with Gasteiger partial charge in [-0.3, -0.25) is 0 Å². The summed E-state index contributed by atoms with van der Waals surface area (Å²) in [5, 5.41) is 2.05. The Kier molecular flexibility index (Phi) is 2.64. The van der Waals surface area contributed by atoms with E-state index >= 15 is 0 Å². The van der Waals surface area contributed by atoms with Gasteiger partial charge >= 0.3 is 0 Å². The molecule has 1 saturated carbocycles. The van der Waals surface area contributed by atoms with Gasteiger partial charge < -0.3 is 4.57 Å². The van der Waals surface area contributed by atoms with Crippen molar-refractivity contribution in [1.82, 2.24) is 4.57 Å². The monoisotopic (exact) mass is 233 g/mol. The number of halogens is 1. The topological polar surface area (TPSA) is 4.93 Å². The third-order valence-electron chi connectivity index (χ3n) is 3.69. The molecule has 3 rings (SSSR count). The minimum atomic E-state index is 0.864. The van der Waals surface area contributed by atoms with E-state index in [1.807, 2.05) is 12.1 Å². The van der Waals surface area contributed by atoms with E-state index in [-0.39, 0.29) is 0 Å². The number of rotatable bonds is 2. The van der Waals surface area contributed by atoms with E-state index in [9.17, 15) is 0 Å². The van der Waals surface area contributed by atoms with E-state index in [2.05, 4.69) is 22.9 Å². The van der Waals surface area contributed by atoms with E-state index in [0.29, 0.717) is 0 Å². The maximum Gasteiger partial charge on any atom is 0.0499 e. The van der Waals surface area contributed by atoms with E-state index in [0.717, 1.165) is 17.5 Å². The van der Waals surface area contributed by atoms with E-state index in [4.69, 9.17) is 11.6 Å². The number of hydrogen-bond acceptors (Lipinski definition) is 0. The fourth-order valence-corrected chi connectivity index (χ4v) is 3.05. The summed E-state index contributed by atoms with van der Waals surface area (Å²) >= 11 is 6.17. The lowest BCUT2D eigenvalue weighted by molar-refractivity contribution is 0.466. The molecule has 0 aliphatic heterocycles. The summed E-state index contributed by atoms with van der Waals surface area (Å²) in [7, 11) is 0. The van der Waals surface area contributed by atoms with Crippen LogP contribution in [0.5, 0.6) is 0 Å². The highest BCUT2D eigenvalue weighted by molar-refractivity contribution is 6.35. The van der Waals surface area contributed by atoms with Gasteiger partial charge in [0.15, 0.2) is 0 Å². The first-order valence-electron chi connectivity index (χ1n) is 6.08. The van der Waals surface area contributed by atoms with Crippen LogP contribution < -0.4 is 0 Å². The van der Waals surface area contributed by atoms with Crippen molar-refractivity contribution in [2.45, 2.75) is 32.2 Å². The fourth-order valence-electron chi connectivity index (χ4n) is 2.82. The number of aromatic nitrogens is 1. The SMILES string of the molecule is Clc1cccc2c1ccn2CC1CCCC1. The summed E-state index contributed by atoms with van der Waals surface area (Å²) in [5.41, 5.74) is 1.28. The molecule has 1 aliphatic carbocycles. The first-order valence-corrected chi connectivity index (χ1v) is 6.46. The van der Waals surface area contributed by atoms with Crippen LogP contribution in [0.2, 0.25) is 5.02 Å². The van der Waals surface area contributed by atoms with Crippen LogP contribution in [0.4, 0.5) is 0 Å². The Labute approximate surface area is 101 Å². The summed E-state index contributed by atoms with van der Waals surface area (Å²) < 4.78 is 2.36. The van der Waals surface area contributed by atoms with Gasteiger partial charge in [-0.2, -0.15) is 0 Å². The number of fused-ring (bicyclic) bond motifs is 1. The molecule has 0 bridgehead atoms. The molecule has 1 heterocycles. The zero-order chi connectivity index (χ0) is 11.0. The molecule has 0 radical (unpaired) electrons. The van der Waals surface area contributed by atoms with Gasteiger partial charge in [-0.25, -0.2) is 0 Å². The maximum atomic E-state index is 6.17. The number of nitrogens with zero attached hydrogens (tertiary/aromatic N) is 1. The molecule has 2 heteroatoms. The molecule has 16 heavy (non-hydrogen) atoms. The smallest absolute Gasteiger partial charge is 0.0499 e. The van der Waals surface area contributed by atoms with Crippen molar-refractivity contribution in [2.75, 3.05) is 0 Å². The summed E-state index contributed by atoms with van der Waals surface area (Å²) in [6.45, 7) is 1.16. The van der Waals surface area contributed by atoms with Crippen LogP contribution in [-0.2, 0) is 6.54 Å². The second-order valence-electron chi connectivity index (χ2n) is 4.79. The van der Waals surface area contributed by atoms with Gasteiger partial charge in [-0.1, -0.05) is 30.5 Å². The lowest BCUT2D eigenvalue weighted by Gasteiger charge is -2.11. The standard InChI is InChI=1S/C14H16ClN/c15-13-6-3-7-14-12(13)8-9-16(14)10-11-4-1-2-5-11/h3,6-9,11H,1-2,4-5,10H2. The first kappa shape index (κ1) is 10.2. The molecule has 1 aromatic carbocycles. The van der Waals surface area contributed by atoms with Crippen molar-refractivity contribution in [2.24, 2.45) is 5.92 Å². The lowest BCUT2D eigenvalue weighted by Crippen LogP contribution is -2.05. The number of benzene rings is 1. The normalized spacial score (nSPS) is 17.3. The Bertz CT molecular complexity index is 494. The van der Waals surface area contributed by atoms with Gasteiger partial charge in [-0.05, 0) is 37.0 Å². The van der Waals surface area contributed by atoms with Crippen LogP contribution in [0.25, 0.3) is 10.9 Å². The Hall–Kier alpha value is -0.950.